The van der Waals surface area contributed by atoms with Crippen LogP contribution < -0.4 is 11.2 Å². The second kappa shape index (κ2) is 6.25. The number of rotatable bonds is 2. The number of aliphatic imine (C=N–C) groups is 1. The van der Waals surface area contributed by atoms with Gasteiger partial charge in [-0.1, -0.05) is 35.9 Å². The zero-order valence-electron chi connectivity index (χ0n) is 14.9. The molecule has 4 rings (SSSR count). The Labute approximate surface area is 154 Å². The van der Waals surface area contributed by atoms with Crippen LogP contribution in [0.2, 0.25) is 0 Å². The number of para-hydroxylation sites is 1. The Kier molecular flexibility index (Phi) is 3.88. The predicted octanol–water partition coefficient (Wildman–Crippen LogP) is 3.19. The quantitative estimate of drug-likeness (QED) is 0.737. The molecule has 3 aromatic rings. The topological polar surface area (TPSA) is 87.4 Å². The lowest BCUT2D eigenvalue weighted by Crippen LogP contribution is -2.30. The van der Waals surface area contributed by atoms with Crippen LogP contribution in [0.3, 0.4) is 0 Å². The van der Waals surface area contributed by atoms with Crippen LogP contribution in [0.15, 0.2) is 63.1 Å². The van der Waals surface area contributed by atoms with Crippen molar-refractivity contribution >= 4 is 23.0 Å². The van der Waals surface area contributed by atoms with Crippen LogP contribution in [0.5, 0.6) is 5.88 Å². The summed E-state index contributed by atoms with van der Waals surface area (Å²) in [7, 11) is 0. The third kappa shape index (κ3) is 2.81. The molecule has 0 amide bonds. The second-order valence-electron chi connectivity index (χ2n) is 6.44. The molecule has 6 nitrogen and oxygen atoms in total. The number of allylic oxidation sites excluding steroid dienone is 1. The van der Waals surface area contributed by atoms with Gasteiger partial charge in [0.1, 0.15) is 5.56 Å². The highest BCUT2D eigenvalue weighted by atomic mass is 16.3. The van der Waals surface area contributed by atoms with Crippen LogP contribution in [-0.2, 0) is 0 Å². The van der Waals surface area contributed by atoms with Gasteiger partial charge in [0, 0.05) is 16.8 Å². The number of aromatic amines is 1. The molecule has 1 aliphatic heterocycles. The fraction of sp³-hybridized carbons (Fsp3) is 0.0952. The molecule has 0 spiro atoms. The van der Waals surface area contributed by atoms with E-state index in [1.165, 1.54) is 0 Å². The molecule has 0 radical (unpaired) electrons. The lowest BCUT2D eigenvalue weighted by Gasteiger charge is -2.11. The van der Waals surface area contributed by atoms with Crippen molar-refractivity contribution in [1.29, 1.82) is 0 Å². The normalized spacial score (nSPS) is 14.3. The molecular formula is C21H17N3O3. The number of hydrogen-bond acceptors (Lipinski definition) is 4. The maximum atomic E-state index is 12.4. The summed E-state index contributed by atoms with van der Waals surface area (Å²) in [6.07, 6.45) is 1.57. The van der Waals surface area contributed by atoms with E-state index in [4.69, 9.17) is 0 Å². The Hall–Kier alpha value is -3.67. The van der Waals surface area contributed by atoms with E-state index in [1.54, 1.807) is 18.2 Å². The molecule has 0 unspecified atom stereocenters. The summed E-state index contributed by atoms with van der Waals surface area (Å²) in [6, 6.07) is 14.6. The van der Waals surface area contributed by atoms with Crippen molar-refractivity contribution in [2.24, 2.45) is 4.99 Å². The molecule has 0 bridgehead atoms. The van der Waals surface area contributed by atoms with Gasteiger partial charge in [0.05, 0.1) is 11.4 Å². The summed E-state index contributed by atoms with van der Waals surface area (Å²) >= 11 is 0. The summed E-state index contributed by atoms with van der Waals surface area (Å²) in [6.45, 7) is 3.77. The summed E-state index contributed by atoms with van der Waals surface area (Å²) in [5.74, 6) is -0.405. The third-order valence-electron chi connectivity index (χ3n) is 4.57. The molecule has 0 fully saturated rings. The van der Waals surface area contributed by atoms with Crippen LogP contribution in [-0.4, -0.2) is 20.4 Å². The Morgan fingerprint density at radius 3 is 2.48 bits per heavy atom. The standard InChI is InChI=1S/C21H17N3O3/c1-12-7-9-14(10-8-12)24-20(26)17(19(25)23-21(24)27)11-16-13(2)22-18-6-4-3-5-15(16)18/h3-11,26H,1-2H3,(H,23,25,27)/b16-11-. The molecule has 1 aromatic heterocycles. The molecule has 0 saturated carbocycles. The molecule has 0 atom stereocenters. The summed E-state index contributed by atoms with van der Waals surface area (Å²) in [5.41, 5.74) is 3.32. The van der Waals surface area contributed by atoms with E-state index >= 15 is 0 Å². The molecule has 6 heteroatoms. The van der Waals surface area contributed by atoms with E-state index < -0.39 is 17.1 Å². The lowest BCUT2D eigenvalue weighted by atomic mass is 10.0. The van der Waals surface area contributed by atoms with Crippen molar-refractivity contribution < 1.29 is 5.11 Å². The predicted molar refractivity (Wildman–Crippen MR) is 106 cm³/mol. The minimum Gasteiger partial charge on any atom is -0.494 e. The monoisotopic (exact) mass is 359 g/mol. The van der Waals surface area contributed by atoms with E-state index in [2.05, 4.69) is 9.98 Å². The number of aryl methyl sites for hydroxylation is 1. The number of benzene rings is 2. The third-order valence-corrected chi connectivity index (χ3v) is 4.57. The van der Waals surface area contributed by atoms with Gasteiger partial charge in [0.2, 0.25) is 5.88 Å². The van der Waals surface area contributed by atoms with Crippen molar-refractivity contribution in [3.05, 3.63) is 86.1 Å². The smallest absolute Gasteiger partial charge is 0.335 e. The minimum atomic E-state index is -0.694. The summed E-state index contributed by atoms with van der Waals surface area (Å²) < 4.78 is 1.08. The highest BCUT2D eigenvalue weighted by molar-refractivity contribution is 6.31. The van der Waals surface area contributed by atoms with E-state index in [1.807, 2.05) is 50.2 Å². The molecular weight excluding hydrogens is 342 g/mol. The Morgan fingerprint density at radius 1 is 1.04 bits per heavy atom. The van der Waals surface area contributed by atoms with Crippen molar-refractivity contribution in [2.75, 3.05) is 0 Å². The first-order chi connectivity index (χ1) is 13.0. The van der Waals surface area contributed by atoms with Gasteiger partial charge in [0.25, 0.3) is 5.56 Å². The number of nitrogens with zero attached hydrogens (tertiary/aromatic N) is 2. The largest absolute Gasteiger partial charge is 0.494 e. The molecule has 0 aliphatic carbocycles. The second-order valence-corrected chi connectivity index (χ2v) is 6.44. The van der Waals surface area contributed by atoms with Crippen LogP contribution >= 0.6 is 0 Å². The van der Waals surface area contributed by atoms with Crippen molar-refractivity contribution in [1.82, 2.24) is 9.55 Å². The Bertz CT molecular complexity index is 1230. The van der Waals surface area contributed by atoms with Gasteiger partial charge in [0.15, 0.2) is 0 Å². The highest BCUT2D eigenvalue weighted by Crippen LogP contribution is 2.36. The van der Waals surface area contributed by atoms with Crippen LogP contribution in [0, 0.1) is 6.92 Å². The van der Waals surface area contributed by atoms with Crippen LogP contribution in [0.4, 0.5) is 5.69 Å². The van der Waals surface area contributed by atoms with Gasteiger partial charge < -0.3 is 5.11 Å². The summed E-state index contributed by atoms with van der Waals surface area (Å²) in [5, 5.41) is 10.7. The van der Waals surface area contributed by atoms with E-state index in [0.717, 1.165) is 32.7 Å². The van der Waals surface area contributed by atoms with E-state index in [-0.39, 0.29) is 5.56 Å². The number of fused-ring (bicyclic) bond motifs is 1. The van der Waals surface area contributed by atoms with Gasteiger partial charge in [-0.05, 0) is 38.1 Å². The molecule has 27 heavy (non-hydrogen) atoms. The van der Waals surface area contributed by atoms with Gasteiger partial charge in [-0.25, -0.2) is 9.36 Å². The fourth-order valence-electron chi connectivity index (χ4n) is 3.16. The molecule has 0 saturated heterocycles. The van der Waals surface area contributed by atoms with E-state index in [0.29, 0.717) is 5.69 Å². The molecule has 134 valence electrons. The first-order valence-corrected chi connectivity index (χ1v) is 8.48. The summed E-state index contributed by atoms with van der Waals surface area (Å²) in [4.78, 5) is 31.5. The van der Waals surface area contributed by atoms with Gasteiger partial charge in [-0.3, -0.25) is 14.8 Å². The zero-order chi connectivity index (χ0) is 19.1. The number of nitrogens with one attached hydrogen (secondary N) is 1. The number of aromatic nitrogens is 2. The maximum absolute atomic E-state index is 12.4. The molecule has 2 heterocycles. The SMILES string of the molecule is CC1=Nc2ccccc2/C1=C\c1c(O)n(-c2ccc(C)cc2)c(=O)[nH]c1=O. The molecule has 2 N–H and O–H groups in total. The first kappa shape index (κ1) is 16.8. The fourth-order valence-corrected chi connectivity index (χ4v) is 3.16. The molecule has 2 aromatic carbocycles. The van der Waals surface area contributed by atoms with Crippen LogP contribution in [0.25, 0.3) is 17.3 Å². The number of hydrogen-bond donors (Lipinski definition) is 2. The van der Waals surface area contributed by atoms with Crippen molar-refractivity contribution in [2.45, 2.75) is 13.8 Å². The van der Waals surface area contributed by atoms with Crippen molar-refractivity contribution in [3.8, 4) is 11.6 Å². The average Bonchev–Trinajstić information content (AvgIpc) is 2.95. The van der Waals surface area contributed by atoms with Gasteiger partial charge >= 0.3 is 5.69 Å². The number of aromatic hydroxyl groups is 1. The number of H-pyrrole nitrogens is 1. The van der Waals surface area contributed by atoms with Gasteiger partial charge in [-0.15, -0.1) is 0 Å². The minimum absolute atomic E-state index is 0.0106. The zero-order valence-corrected chi connectivity index (χ0v) is 14.9. The van der Waals surface area contributed by atoms with Crippen LogP contribution in [0.1, 0.15) is 23.6 Å². The van der Waals surface area contributed by atoms with Gasteiger partial charge in [-0.2, -0.15) is 0 Å². The Morgan fingerprint density at radius 2 is 1.74 bits per heavy atom. The van der Waals surface area contributed by atoms with E-state index in [9.17, 15) is 14.7 Å². The Balaban J connectivity index is 1.94. The maximum Gasteiger partial charge on any atom is 0.335 e. The molecule has 1 aliphatic rings. The first-order valence-electron chi connectivity index (χ1n) is 8.48. The van der Waals surface area contributed by atoms with Crippen molar-refractivity contribution in [3.63, 3.8) is 0 Å². The lowest BCUT2D eigenvalue weighted by molar-refractivity contribution is 0.429. The highest BCUT2D eigenvalue weighted by Gasteiger charge is 2.20. The average molecular weight is 359 g/mol.